The van der Waals surface area contributed by atoms with Crippen molar-refractivity contribution in [3.8, 4) is 5.75 Å². The van der Waals surface area contributed by atoms with Gasteiger partial charge in [0.1, 0.15) is 5.75 Å². The first-order valence-corrected chi connectivity index (χ1v) is 9.15. The van der Waals surface area contributed by atoms with Crippen LogP contribution >= 0.6 is 0 Å². The van der Waals surface area contributed by atoms with E-state index in [0.717, 1.165) is 18.7 Å². The maximum absolute atomic E-state index is 9.73. The molecule has 0 heterocycles. The van der Waals surface area contributed by atoms with E-state index >= 15 is 0 Å². The van der Waals surface area contributed by atoms with Gasteiger partial charge >= 0.3 is 0 Å². The molecule has 2 aromatic carbocycles. The molecule has 0 bridgehead atoms. The largest absolute Gasteiger partial charge is 0.491 e. The van der Waals surface area contributed by atoms with E-state index in [1.807, 2.05) is 26.0 Å². The second kappa shape index (κ2) is 9.59. The van der Waals surface area contributed by atoms with Crippen molar-refractivity contribution in [1.29, 1.82) is 0 Å². The molecule has 3 heteroatoms. The lowest BCUT2D eigenvalue weighted by molar-refractivity contribution is 0.218. The predicted molar refractivity (Wildman–Crippen MR) is 104 cm³/mol. The molecule has 0 radical (unpaired) electrons. The highest BCUT2D eigenvalue weighted by molar-refractivity contribution is 5.29. The third-order valence-corrected chi connectivity index (χ3v) is 4.49. The highest BCUT2D eigenvalue weighted by Crippen LogP contribution is 2.19. The zero-order valence-electron chi connectivity index (χ0n) is 15.8. The van der Waals surface area contributed by atoms with Gasteiger partial charge in [-0.05, 0) is 68.9 Å². The average Bonchev–Trinajstić information content (AvgIpc) is 2.60. The zero-order chi connectivity index (χ0) is 18.2. The SMILES string of the molecule is Cc1ccccc1CC(CO)CNC(C)c1ccc(OC(C)C)cc1. The lowest BCUT2D eigenvalue weighted by atomic mass is 9.96. The van der Waals surface area contributed by atoms with E-state index in [1.54, 1.807) is 0 Å². The standard InChI is InChI=1S/C22H31NO2/c1-16(2)25-22-11-9-20(10-12-22)18(4)23-14-19(15-24)13-21-8-6-5-7-17(21)3/h5-12,16,18-19,23-24H,13-15H2,1-4H3. The summed E-state index contributed by atoms with van der Waals surface area (Å²) in [6, 6.07) is 16.9. The van der Waals surface area contributed by atoms with Gasteiger partial charge in [-0.25, -0.2) is 0 Å². The summed E-state index contributed by atoms with van der Waals surface area (Å²) in [5.74, 6) is 1.12. The first-order valence-electron chi connectivity index (χ1n) is 9.15. The van der Waals surface area contributed by atoms with Gasteiger partial charge in [0.2, 0.25) is 0 Å². The van der Waals surface area contributed by atoms with Crippen molar-refractivity contribution in [2.45, 2.75) is 46.3 Å². The molecule has 0 spiro atoms. The number of ether oxygens (including phenoxy) is 1. The van der Waals surface area contributed by atoms with E-state index < -0.39 is 0 Å². The molecule has 2 unspecified atom stereocenters. The molecule has 3 nitrogen and oxygen atoms in total. The Morgan fingerprint density at radius 1 is 1.00 bits per heavy atom. The number of nitrogens with one attached hydrogen (secondary N) is 1. The Hall–Kier alpha value is -1.84. The van der Waals surface area contributed by atoms with Crippen LogP contribution in [0.4, 0.5) is 0 Å². The quantitative estimate of drug-likeness (QED) is 0.715. The van der Waals surface area contributed by atoms with Crippen molar-refractivity contribution in [2.75, 3.05) is 13.2 Å². The van der Waals surface area contributed by atoms with Crippen molar-refractivity contribution in [1.82, 2.24) is 5.32 Å². The average molecular weight is 341 g/mol. The fourth-order valence-corrected chi connectivity index (χ4v) is 2.92. The summed E-state index contributed by atoms with van der Waals surface area (Å²) < 4.78 is 5.69. The molecule has 0 aliphatic heterocycles. The Morgan fingerprint density at radius 3 is 2.28 bits per heavy atom. The van der Waals surface area contributed by atoms with E-state index in [0.29, 0.717) is 0 Å². The summed E-state index contributed by atoms with van der Waals surface area (Å²) in [5, 5.41) is 13.3. The molecular formula is C22H31NO2. The van der Waals surface area contributed by atoms with Crippen LogP contribution in [0.5, 0.6) is 5.75 Å². The number of benzene rings is 2. The van der Waals surface area contributed by atoms with Crippen LogP contribution in [0, 0.1) is 12.8 Å². The van der Waals surface area contributed by atoms with Gasteiger partial charge in [-0.15, -0.1) is 0 Å². The fourth-order valence-electron chi connectivity index (χ4n) is 2.92. The van der Waals surface area contributed by atoms with Gasteiger partial charge in [0.25, 0.3) is 0 Å². The van der Waals surface area contributed by atoms with Crippen molar-refractivity contribution in [3.63, 3.8) is 0 Å². The van der Waals surface area contributed by atoms with E-state index in [4.69, 9.17) is 4.74 Å². The summed E-state index contributed by atoms with van der Waals surface area (Å²) in [7, 11) is 0. The molecule has 0 fully saturated rings. The molecule has 0 saturated carbocycles. The molecule has 2 N–H and O–H groups in total. The molecule has 0 aliphatic carbocycles. The molecule has 0 saturated heterocycles. The van der Waals surface area contributed by atoms with Crippen molar-refractivity contribution < 1.29 is 9.84 Å². The molecule has 0 aromatic heterocycles. The van der Waals surface area contributed by atoms with Gasteiger partial charge < -0.3 is 15.2 Å². The number of aliphatic hydroxyl groups is 1. The molecule has 2 aromatic rings. The van der Waals surface area contributed by atoms with Crippen LogP contribution in [-0.4, -0.2) is 24.4 Å². The molecule has 136 valence electrons. The highest BCUT2D eigenvalue weighted by Gasteiger charge is 2.13. The van der Waals surface area contributed by atoms with Gasteiger partial charge in [-0.1, -0.05) is 36.4 Å². The van der Waals surface area contributed by atoms with Crippen molar-refractivity contribution >= 4 is 0 Å². The number of aryl methyl sites for hydroxylation is 1. The van der Waals surface area contributed by atoms with Gasteiger partial charge in [-0.2, -0.15) is 0 Å². The third kappa shape index (κ3) is 6.18. The Kier molecular flexibility index (Phi) is 7.48. The van der Waals surface area contributed by atoms with Crippen LogP contribution < -0.4 is 10.1 Å². The summed E-state index contributed by atoms with van der Waals surface area (Å²) in [4.78, 5) is 0. The minimum absolute atomic E-state index is 0.188. The Bertz CT molecular complexity index is 637. The van der Waals surface area contributed by atoms with E-state index in [-0.39, 0.29) is 24.7 Å². The molecule has 0 aliphatic rings. The van der Waals surface area contributed by atoms with Crippen LogP contribution in [-0.2, 0) is 6.42 Å². The zero-order valence-corrected chi connectivity index (χ0v) is 15.8. The molecule has 25 heavy (non-hydrogen) atoms. The van der Waals surface area contributed by atoms with Crippen molar-refractivity contribution in [3.05, 3.63) is 65.2 Å². The second-order valence-electron chi connectivity index (χ2n) is 7.04. The highest BCUT2D eigenvalue weighted by atomic mass is 16.5. The van der Waals surface area contributed by atoms with Gasteiger partial charge in [-0.3, -0.25) is 0 Å². The molecule has 2 atom stereocenters. The number of hydrogen-bond donors (Lipinski definition) is 2. The third-order valence-electron chi connectivity index (χ3n) is 4.49. The molecular weight excluding hydrogens is 310 g/mol. The minimum atomic E-state index is 0.188. The molecule has 2 rings (SSSR count). The summed E-state index contributed by atoms with van der Waals surface area (Å²) in [6.07, 6.45) is 1.08. The summed E-state index contributed by atoms with van der Waals surface area (Å²) in [6.45, 7) is 9.32. The van der Waals surface area contributed by atoms with Crippen LogP contribution in [0.3, 0.4) is 0 Å². The van der Waals surface area contributed by atoms with Crippen LogP contribution in [0.1, 0.15) is 43.5 Å². The van der Waals surface area contributed by atoms with Crippen LogP contribution in [0.2, 0.25) is 0 Å². The van der Waals surface area contributed by atoms with E-state index in [1.165, 1.54) is 16.7 Å². The van der Waals surface area contributed by atoms with Gasteiger partial charge in [0.05, 0.1) is 6.10 Å². The number of rotatable bonds is 9. The Labute approximate surface area is 152 Å². The topological polar surface area (TPSA) is 41.5 Å². The predicted octanol–water partition coefficient (Wildman–Crippen LogP) is 4.28. The van der Waals surface area contributed by atoms with Crippen LogP contribution in [0.25, 0.3) is 0 Å². The molecule has 0 amide bonds. The van der Waals surface area contributed by atoms with Crippen LogP contribution in [0.15, 0.2) is 48.5 Å². The van der Waals surface area contributed by atoms with E-state index in [9.17, 15) is 5.11 Å². The maximum atomic E-state index is 9.73. The maximum Gasteiger partial charge on any atom is 0.119 e. The number of aliphatic hydroxyl groups excluding tert-OH is 1. The first-order chi connectivity index (χ1) is 12.0. The number of hydrogen-bond acceptors (Lipinski definition) is 3. The Morgan fingerprint density at radius 2 is 1.68 bits per heavy atom. The lowest BCUT2D eigenvalue weighted by Crippen LogP contribution is -2.29. The summed E-state index contributed by atoms with van der Waals surface area (Å²) in [5.41, 5.74) is 3.82. The summed E-state index contributed by atoms with van der Waals surface area (Å²) >= 11 is 0. The van der Waals surface area contributed by atoms with Crippen molar-refractivity contribution in [2.24, 2.45) is 5.92 Å². The van der Waals surface area contributed by atoms with Gasteiger partial charge in [0, 0.05) is 19.2 Å². The van der Waals surface area contributed by atoms with Gasteiger partial charge in [0.15, 0.2) is 0 Å². The normalized spacial score (nSPS) is 13.7. The lowest BCUT2D eigenvalue weighted by Gasteiger charge is -2.21. The fraction of sp³-hybridized carbons (Fsp3) is 0.455. The monoisotopic (exact) mass is 341 g/mol. The second-order valence-corrected chi connectivity index (χ2v) is 7.04. The minimum Gasteiger partial charge on any atom is -0.491 e. The Balaban J connectivity index is 1.89. The first kappa shape index (κ1) is 19.5. The van der Waals surface area contributed by atoms with E-state index in [2.05, 4.69) is 55.6 Å². The smallest absolute Gasteiger partial charge is 0.119 e.